The van der Waals surface area contributed by atoms with Gasteiger partial charge in [0.25, 0.3) is 0 Å². The molecular formula is C15H21N3O. The number of nitrogens with zero attached hydrogens (tertiary/aromatic N) is 2. The summed E-state index contributed by atoms with van der Waals surface area (Å²) in [7, 11) is 3.69. The number of para-hydroxylation sites is 1. The normalized spacial score (nSPS) is 12.4. The first kappa shape index (κ1) is 13.6. The Balaban J connectivity index is 2.12. The van der Waals surface area contributed by atoms with E-state index in [9.17, 15) is 0 Å². The summed E-state index contributed by atoms with van der Waals surface area (Å²) in [5, 5.41) is 7.75. The predicted molar refractivity (Wildman–Crippen MR) is 77.3 cm³/mol. The molecule has 1 unspecified atom stereocenters. The average molecular weight is 259 g/mol. The molecular weight excluding hydrogens is 238 g/mol. The summed E-state index contributed by atoms with van der Waals surface area (Å²) in [5.41, 5.74) is 3.60. The van der Waals surface area contributed by atoms with Crippen molar-refractivity contribution in [1.82, 2.24) is 9.78 Å². The Hall–Kier alpha value is -1.81. The summed E-state index contributed by atoms with van der Waals surface area (Å²) in [4.78, 5) is 0. The van der Waals surface area contributed by atoms with Gasteiger partial charge in [-0.3, -0.25) is 4.68 Å². The molecule has 1 atom stereocenters. The zero-order valence-corrected chi connectivity index (χ0v) is 11.8. The molecule has 0 bridgehead atoms. The van der Waals surface area contributed by atoms with Crippen LogP contribution in [-0.2, 0) is 18.2 Å². The van der Waals surface area contributed by atoms with E-state index in [0.717, 1.165) is 18.7 Å². The molecule has 0 radical (unpaired) electrons. The first-order valence-electron chi connectivity index (χ1n) is 6.53. The van der Waals surface area contributed by atoms with Crippen LogP contribution in [0.3, 0.4) is 0 Å². The topological polar surface area (TPSA) is 39.1 Å². The third-order valence-corrected chi connectivity index (χ3v) is 3.27. The second kappa shape index (κ2) is 6.38. The molecule has 0 aliphatic carbocycles. The Morgan fingerprint density at radius 2 is 2.11 bits per heavy atom. The standard InChI is InChI=1S/C15H21N3O/c1-12(15-8-10-16-18(15)2)17-14-7-5-4-6-13(14)9-11-19-3/h4-8,10,12,17H,9,11H2,1-3H3. The highest BCUT2D eigenvalue weighted by Gasteiger charge is 2.10. The van der Waals surface area contributed by atoms with Crippen LogP contribution in [-0.4, -0.2) is 23.5 Å². The summed E-state index contributed by atoms with van der Waals surface area (Å²) < 4.78 is 7.05. The smallest absolute Gasteiger partial charge is 0.0654 e. The van der Waals surface area contributed by atoms with E-state index in [-0.39, 0.29) is 6.04 Å². The van der Waals surface area contributed by atoms with Crippen molar-refractivity contribution in [2.24, 2.45) is 7.05 Å². The second-order valence-electron chi connectivity index (χ2n) is 4.65. The minimum atomic E-state index is 0.219. The van der Waals surface area contributed by atoms with E-state index in [0.29, 0.717) is 0 Å². The highest BCUT2D eigenvalue weighted by atomic mass is 16.5. The predicted octanol–water partition coefficient (Wildman–Crippen LogP) is 2.78. The van der Waals surface area contributed by atoms with E-state index in [2.05, 4.69) is 41.6 Å². The number of methoxy groups -OCH3 is 1. The van der Waals surface area contributed by atoms with Crippen molar-refractivity contribution in [3.05, 3.63) is 47.8 Å². The van der Waals surface area contributed by atoms with Crippen LogP contribution in [0.15, 0.2) is 36.5 Å². The molecule has 1 heterocycles. The Kier molecular flexibility index (Phi) is 4.58. The quantitative estimate of drug-likeness (QED) is 0.867. The van der Waals surface area contributed by atoms with E-state index in [1.54, 1.807) is 7.11 Å². The largest absolute Gasteiger partial charge is 0.384 e. The molecule has 102 valence electrons. The zero-order valence-electron chi connectivity index (χ0n) is 11.8. The number of benzene rings is 1. The van der Waals surface area contributed by atoms with Gasteiger partial charge in [0, 0.05) is 26.0 Å². The molecule has 19 heavy (non-hydrogen) atoms. The fourth-order valence-corrected chi connectivity index (χ4v) is 2.21. The second-order valence-corrected chi connectivity index (χ2v) is 4.65. The van der Waals surface area contributed by atoms with Gasteiger partial charge in [-0.25, -0.2) is 0 Å². The van der Waals surface area contributed by atoms with Crippen LogP contribution in [0.1, 0.15) is 24.2 Å². The van der Waals surface area contributed by atoms with Gasteiger partial charge in [0.05, 0.1) is 18.3 Å². The fraction of sp³-hybridized carbons (Fsp3) is 0.400. The van der Waals surface area contributed by atoms with Crippen molar-refractivity contribution in [3.8, 4) is 0 Å². The first-order valence-corrected chi connectivity index (χ1v) is 6.53. The Morgan fingerprint density at radius 1 is 1.32 bits per heavy atom. The highest BCUT2D eigenvalue weighted by Crippen LogP contribution is 2.22. The molecule has 2 aromatic rings. The van der Waals surface area contributed by atoms with Crippen LogP contribution in [0.2, 0.25) is 0 Å². The van der Waals surface area contributed by atoms with Crippen LogP contribution in [0.25, 0.3) is 0 Å². The van der Waals surface area contributed by atoms with Gasteiger partial charge in [-0.1, -0.05) is 18.2 Å². The van der Waals surface area contributed by atoms with E-state index < -0.39 is 0 Å². The molecule has 0 saturated carbocycles. The van der Waals surface area contributed by atoms with Crippen LogP contribution in [0, 0.1) is 0 Å². The number of aromatic nitrogens is 2. The molecule has 0 fully saturated rings. The van der Waals surface area contributed by atoms with Gasteiger partial charge in [0.15, 0.2) is 0 Å². The maximum atomic E-state index is 5.16. The molecule has 0 aliphatic rings. The van der Waals surface area contributed by atoms with Gasteiger partial charge in [0.2, 0.25) is 0 Å². The molecule has 0 amide bonds. The van der Waals surface area contributed by atoms with E-state index in [1.165, 1.54) is 11.3 Å². The number of rotatable bonds is 6. The first-order chi connectivity index (χ1) is 9.22. The summed E-state index contributed by atoms with van der Waals surface area (Å²) in [5.74, 6) is 0. The van der Waals surface area contributed by atoms with Gasteiger partial charge in [-0.05, 0) is 31.0 Å². The molecule has 0 spiro atoms. The Morgan fingerprint density at radius 3 is 2.79 bits per heavy atom. The molecule has 4 nitrogen and oxygen atoms in total. The summed E-state index contributed by atoms with van der Waals surface area (Å²) in [6.45, 7) is 2.88. The van der Waals surface area contributed by atoms with Crippen LogP contribution in [0.4, 0.5) is 5.69 Å². The monoisotopic (exact) mass is 259 g/mol. The lowest BCUT2D eigenvalue weighted by Crippen LogP contribution is -2.12. The van der Waals surface area contributed by atoms with Crippen molar-refractivity contribution in [3.63, 3.8) is 0 Å². The average Bonchev–Trinajstić information content (AvgIpc) is 2.84. The lowest BCUT2D eigenvalue weighted by molar-refractivity contribution is 0.202. The summed E-state index contributed by atoms with van der Waals surface area (Å²) in [6.07, 6.45) is 2.74. The third-order valence-electron chi connectivity index (χ3n) is 3.27. The number of nitrogens with one attached hydrogen (secondary N) is 1. The van der Waals surface area contributed by atoms with E-state index in [4.69, 9.17) is 4.74 Å². The highest BCUT2D eigenvalue weighted by molar-refractivity contribution is 5.52. The van der Waals surface area contributed by atoms with Crippen molar-refractivity contribution >= 4 is 5.69 Å². The molecule has 0 saturated heterocycles. The maximum Gasteiger partial charge on any atom is 0.0654 e. The van der Waals surface area contributed by atoms with E-state index in [1.807, 2.05) is 24.0 Å². The van der Waals surface area contributed by atoms with Crippen LogP contribution in [0.5, 0.6) is 0 Å². The maximum absolute atomic E-state index is 5.16. The molecule has 1 aromatic heterocycles. The van der Waals surface area contributed by atoms with Crippen LogP contribution < -0.4 is 5.32 Å². The molecule has 1 aromatic carbocycles. The Labute approximate surface area is 114 Å². The lowest BCUT2D eigenvalue weighted by Gasteiger charge is -2.18. The van der Waals surface area contributed by atoms with Crippen molar-refractivity contribution in [1.29, 1.82) is 0 Å². The van der Waals surface area contributed by atoms with Gasteiger partial charge < -0.3 is 10.1 Å². The van der Waals surface area contributed by atoms with Crippen molar-refractivity contribution in [2.45, 2.75) is 19.4 Å². The fourth-order valence-electron chi connectivity index (χ4n) is 2.21. The summed E-state index contributed by atoms with van der Waals surface area (Å²) in [6, 6.07) is 10.6. The number of anilines is 1. The zero-order chi connectivity index (χ0) is 13.7. The number of ether oxygens (including phenoxy) is 1. The minimum Gasteiger partial charge on any atom is -0.384 e. The van der Waals surface area contributed by atoms with E-state index >= 15 is 0 Å². The molecule has 4 heteroatoms. The lowest BCUT2D eigenvalue weighted by atomic mass is 10.1. The van der Waals surface area contributed by atoms with Crippen molar-refractivity contribution in [2.75, 3.05) is 19.0 Å². The van der Waals surface area contributed by atoms with Crippen molar-refractivity contribution < 1.29 is 4.74 Å². The summed E-state index contributed by atoms with van der Waals surface area (Å²) >= 11 is 0. The molecule has 2 rings (SSSR count). The molecule has 0 aliphatic heterocycles. The van der Waals surface area contributed by atoms with Gasteiger partial charge >= 0.3 is 0 Å². The third kappa shape index (κ3) is 3.35. The number of aryl methyl sites for hydroxylation is 1. The van der Waals surface area contributed by atoms with Gasteiger partial charge in [-0.2, -0.15) is 5.10 Å². The minimum absolute atomic E-state index is 0.219. The number of hydrogen-bond donors (Lipinski definition) is 1. The number of hydrogen-bond acceptors (Lipinski definition) is 3. The SMILES string of the molecule is COCCc1ccccc1NC(C)c1ccnn1C. The van der Waals surface area contributed by atoms with Gasteiger partial charge in [-0.15, -0.1) is 0 Å². The van der Waals surface area contributed by atoms with Crippen LogP contribution >= 0.6 is 0 Å². The Bertz CT molecular complexity index is 522. The van der Waals surface area contributed by atoms with Gasteiger partial charge in [0.1, 0.15) is 0 Å². The molecule has 1 N–H and O–H groups in total.